The lowest BCUT2D eigenvalue weighted by Gasteiger charge is -2.22. The highest BCUT2D eigenvalue weighted by Gasteiger charge is 2.16. The molecule has 0 fully saturated rings. The Morgan fingerprint density at radius 2 is 2.35 bits per heavy atom. The van der Waals surface area contributed by atoms with Gasteiger partial charge in [-0.25, -0.2) is 0 Å². The molecule has 0 spiro atoms. The fourth-order valence-electron chi connectivity index (χ4n) is 1.70. The number of aliphatic carboxylic acids is 1. The molecule has 1 heterocycles. The van der Waals surface area contributed by atoms with Crippen LogP contribution in [0.3, 0.4) is 0 Å². The molecule has 1 aromatic rings. The highest BCUT2D eigenvalue weighted by molar-refractivity contribution is 5.69. The van der Waals surface area contributed by atoms with Gasteiger partial charge in [-0.2, -0.15) is 0 Å². The number of hydrogen-bond donors (Lipinski definition) is 1. The quantitative estimate of drug-likeness (QED) is 0.757. The lowest BCUT2D eigenvalue weighted by Crippen LogP contribution is -2.32. The number of hydrogen-bond acceptors (Lipinski definition) is 3. The van der Waals surface area contributed by atoms with Crippen molar-refractivity contribution in [3.63, 3.8) is 0 Å². The lowest BCUT2D eigenvalue weighted by molar-refractivity contribution is -0.141. The lowest BCUT2D eigenvalue weighted by atomic mass is 10.1. The average Bonchev–Trinajstić information content (AvgIpc) is 2.78. The Labute approximate surface area is 102 Å². The van der Waals surface area contributed by atoms with E-state index in [0.29, 0.717) is 13.1 Å². The topological polar surface area (TPSA) is 53.7 Å². The van der Waals surface area contributed by atoms with E-state index in [1.807, 2.05) is 12.1 Å². The highest BCUT2D eigenvalue weighted by Crippen LogP contribution is 2.09. The molecule has 1 rings (SSSR count). The normalized spacial score (nSPS) is 12.9. The van der Waals surface area contributed by atoms with E-state index in [1.165, 1.54) is 0 Å². The first kappa shape index (κ1) is 13.8. The summed E-state index contributed by atoms with van der Waals surface area (Å²) in [6, 6.07) is 3.78. The van der Waals surface area contributed by atoms with E-state index in [2.05, 4.69) is 11.8 Å². The number of carbonyl (C=O) groups is 1. The summed E-state index contributed by atoms with van der Waals surface area (Å²) in [7, 11) is 0. The van der Waals surface area contributed by atoms with E-state index in [9.17, 15) is 4.79 Å². The third-order valence-electron chi connectivity index (χ3n) is 2.74. The van der Waals surface area contributed by atoms with Crippen LogP contribution in [-0.2, 0) is 11.3 Å². The van der Waals surface area contributed by atoms with E-state index < -0.39 is 5.97 Å². The standard InChI is InChI=1S/C13H21NO3/c1-3-4-7-14(9-11(2)13(15)16)10-12-6-5-8-17-12/h5-6,8,11H,3-4,7,9-10H2,1-2H3,(H,15,16). The molecule has 4 heteroatoms. The molecule has 96 valence electrons. The minimum Gasteiger partial charge on any atom is -0.481 e. The minimum absolute atomic E-state index is 0.346. The van der Waals surface area contributed by atoms with Gasteiger partial charge in [0.2, 0.25) is 0 Å². The molecule has 0 saturated carbocycles. The number of carboxylic acids is 1. The molecule has 0 radical (unpaired) electrons. The summed E-state index contributed by atoms with van der Waals surface area (Å²) >= 11 is 0. The van der Waals surface area contributed by atoms with Crippen molar-refractivity contribution in [2.24, 2.45) is 5.92 Å². The van der Waals surface area contributed by atoms with Crippen molar-refractivity contribution < 1.29 is 14.3 Å². The second-order valence-corrected chi connectivity index (χ2v) is 4.41. The summed E-state index contributed by atoms with van der Waals surface area (Å²) in [4.78, 5) is 13.0. The van der Waals surface area contributed by atoms with Gasteiger partial charge in [0.1, 0.15) is 5.76 Å². The first-order valence-electron chi connectivity index (χ1n) is 6.11. The van der Waals surface area contributed by atoms with Crippen molar-refractivity contribution in [1.82, 2.24) is 4.90 Å². The fraction of sp³-hybridized carbons (Fsp3) is 0.615. The molecule has 0 amide bonds. The van der Waals surface area contributed by atoms with Crippen LogP contribution in [0.1, 0.15) is 32.4 Å². The SMILES string of the molecule is CCCCN(Cc1ccco1)CC(C)C(=O)O. The fourth-order valence-corrected chi connectivity index (χ4v) is 1.70. The molecular formula is C13H21NO3. The summed E-state index contributed by atoms with van der Waals surface area (Å²) in [6.07, 6.45) is 3.83. The van der Waals surface area contributed by atoms with Gasteiger partial charge >= 0.3 is 5.97 Å². The van der Waals surface area contributed by atoms with Crippen LogP contribution in [-0.4, -0.2) is 29.1 Å². The first-order valence-corrected chi connectivity index (χ1v) is 6.11. The van der Waals surface area contributed by atoms with Crippen LogP contribution in [0.5, 0.6) is 0 Å². The van der Waals surface area contributed by atoms with Gasteiger partial charge < -0.3 is 9.52 Å². The second-order valence-electron chi connectivity index (χ2n) is 4.41. The molecule has 0 aliphatic carbocycles. The molecule has 1 N–H and O–H groups in total. The average molecular weight is 239 g/mol. The first-order chi connectivity index (χ1) is 8.13. The van der Waals surface area contributed by atoms with Gasteiger partial charge in [0.15, 0.2) is 0 Å². The predicted molar refractivity (Wildman–Crippen MR) is 65.7 cm³/mol. The Morgan fingerprint density at radius 1 is 1.59 bits per heavy atom. The third kappa shape index (κ3) is 5.04. The van der Waals surface area contributed by atoms with Crippen LogP contribution in [0.25, 0.3) is 0 Å². The van der Waals surface area contributed by atoms with Crippen molar-refractivity contribution in [1.29, 1.82) is 0 Å². The molecule has 1 aromatic heterocycles. The van der Waals surface area contributed by atoms with Gasteiger partial charge in [-0.1, -0.05) is 20.3 Å². The van der Waals surface area contributed by atoms with Gasteiger partial charge in [0.25, 0.3) is 0 Å². The molecule has 0 aromatic carbocycles. The number of furan rings is 1. The maximum atomic E-state index is 10.9. The Bertz CT molecular complexity index is 321. The monoisotopic (exact) mass is 239 g/mol. The Balaban J connectivity index is 2.50. The molecule has 0 saturated heterocycles. The van der Waals surface area contributed by atoms with Crippen molar-refractivity contribution in [3.05, 3.63) is 24.2 Å². The van der Waals surface area contributed by atoms with Gasteiger partial charge in [0, 0.05) is 6.54 Å². The van der Waals surface area contributed by atoms with Crippen LogP contribution in [0.2, 0.25) is 0 Å². The smallest absolute Gasteiger partial charge is 0.307 e. The number of rotatable bonds is 8. The van der Waals surface area contributed by atoms with E-state index >= 15 is 0 Å². The maximum Gasteiger partial charge on any atom is 0.307 e. The Kier molecular flexibility index (Phi) is 5.77. The zero-order valence-corrected chi connectivity index (χ0v) is 10.6. The van der Waals surface area contributed by atoms with Crippen LogP contribution < -0.4 is 0 Å². The van der Waals surface area contributed by atoms with Crippen LogP contribution in [0.15, 0.2) is 22.8 Å². The van der Waals surface area contributed by atoms with Crippen LogP contribution >= 0.6 is 0 Å². The van der Waals surface area contributed by atoms with Gasteiger partial charge in [-0.05, 0) is 25.1 Å². The van der Waals surface area contributed by atoms with Crippen LogP contribution in [0, 0.1) is 5.92 Å². The Morgan fingerprint density at radius 3 is 2.88 bits per heavy atom. The molecule has 0 aliphatic rings. The minimum atomic E-state index is -0.744. The molecule has 0 bridgehead atoms. The van der Waals surface area contributed by atoms with E-state index in [-0.39, 0.29) is 5.92 Å². The molecule has 0 aliphatic heterocycles. The highest BCUT2D eigenvalue weighted by atomic mass is 16.4. The zero-order valence-electron chi connectivity index (χ0n) is 10.6. The van der Waals surface area contributed by atoms with Crippen molar-refractivity contribution in [2.45, 2.75) is 33.2 Å². The van der Waals surface area contributed by atoms with Gasteiger partial charge in [0.05, 0.1) is 18.7 Å². The van der Waals surface area contributed by atoms with Crippen molar-refractivity contribution in [3.8, 4) is 0 Å². The summed E-state index contributed by atoms with van der Waals surface area (Å²) in [5.41, 5.74) is 0. The second kappa shape index (κ2) is 7.12. The summed E-state index contributed by atoms with van der Waals surface area (Å²) in [5, 5.41) is 8.93. The molecular weight excluding hydrogens is 218 g/mol. The van der Waals surface area contributed by atoms with Crippen molar-refractivity contribution in [2.75, 3.05) is 13.1 Å². The summed E-state index contributed by atoms with van der Waals surface area (Å²) in [5.74, 6) is -0.202. The third-order valence-corrected chi connectivity index (χ3v) is 2.74. The van der Waals surface area contributed by atoms with E-state index in [4.69, 9.17) is 9.52 Å². The maximum absolute atomic E-state index is 10.9. The van der Waals surface area contributed by atoms with Crippen molar-refractivity contribution >= 4 is 5.97 Å². The Hall–Kier alpha value is -1.29. The van der Waals surface area contributed by atoms with Crippen LogP contribution in [0.4, 0.5) is 0 Å². The molecule has 17 heavy (non-hydrogen) atoms. The summed E-state index contributed by atoms with van der Waals surface area (Å²) in [6.45, 7) is 6.03. The predicted octanol–water partition coefficient (Wildman–Crippen LogP) is 2.60. The van der Waals surface area contributed by atoms with Gasteiger partial charge in [-0.15, -0.1) is 0 Å². The van der Waals surface area contributed by atoms with E-state index in [1.54, 1.807) is 13.2 Å². The molecule has 1 atom stereocenters. The number of nitrogens with zero attached hydrogens (tertiary/aromatic N) is 1. The number of carboxylic acid groups (broad SMARTS) is 1. The molecule has 4 nitrogen and oxygen atoms in total. The van der Waals surface area contributed by atoms with E-state index in [0.717, 1.165) is 25.1 Å². The zero-order chi connectivity index (χ0) is 12.7. The summed E-state index contributed by atoms with van der Waals surface area (Å²) < 4.78 is 5.30. The van der Waals surface area contributed by atoms with Gasteiger partial charge in [-0.3, -0.25) is 9.69 Å². The molecule has 1 unspecified atom stereocenters. The largest absolute Gasteiger partial charge is 0.481 e. The number of unbranched alkanes of at least 4 members (excludes halogenated alkanes) is 1.